The van der Waals surface area contributed by atoms with Gasteiger partial charge in [-0.25, -0.2) is 0 Å². The summed E-state index contributed by atoms with van der Waals surface area (Å²) in [5.74, 6) is -0.835. The Kier molecular flexibility index (Phi) is 58.6. The first kappa shape index (κ1) is 68.4. The van der Waals surface area contributed by atoms with E-state index in [4.69, 9.17) is 14.2 Å². The van der Waals surface area contributed by atoms with E-state index in [0.717, 1.165) is 57.8 Å². The maximum atomic E-state index is 12.8. The number of hydrogen-bond acceptors (Lipinski definition) is 6. The van der Waals surface area contributed by atoms with Crippen LogP contribution in [0.5, 0.6) is 0 Å². The Bertz CT molecular complexity index is 1040. The topological polar surface area (TPSA) is 78.9 Å². The van der Waals surface area contributed by atoms with Gasteiger partial charge in [-0.1, -0.05) is 335 Å². The van der Waals surface area contributed by atoms with Crippen LogP contribution in [0.4, 0.5) is 0 Å². The molecule has 0 saturated carbocycles. The molecule has 0 aliphatic carbocycles. The minimum absolute atomic E-state index is 0.0613. The molecule has 416 valence electrons. The zero-order valence-electron chi connectivity index (χ0n) is 47.8. The summed E-state index contributed by atoms with van der Waals surface area (Å²) in [7, 11) is 0. The number of ether oxygens (including phenoxy) is 3. The summed E-state index contributed by atoms with van der Waals surface area (Å²) in [6.45, 7) is 6.69. The van der Waals surface area contributed by atoms with Crippen LogP contribution in [0.3, 0.4) is 0 Å². The molecule has 0 spiro atoms. The van der Waals surface area contributed by atoms with Crippen molar-refractivity contribution in [2.24, 2.45) is 0 Å². The van der Waals surface area contributed by atoms with Gasteiger partial charge in [0.25, 0.3) is 0 Å². The van der Waals surface area contributed by atoms with Crippen molar-refractivity contribution >= 4 is 17.9 Å². The van der Waals surface area contributed by atoms with Crippen molar-refractivity contribution in [3.05, 3.63) is 0 Å². The second-order valence-electron chi connectivity index (χ2n) is 22.1. The number of unbranched alkanes of at least 4 members (excludes halogenated alkanes) is 49. The molecule has 6 heteroatoms. The van der Waals surface area contributed by atoms with E-state index < -0.39 is 6.10 Å². The summed E-state index contributed by atoms with van der Waals surface area (Å²) in [5, 5.41) is 0. The van der Waals surface area contributed by atoms with Gasteiger partial charge < -0.3 is 14.2 Å². The number of hydrogen-bond donors (Lipinski definition) is 0. The largest absolute Gasteiger partial charge is 0.462 e. The molecule has 70 heavy (non-hydrogen) atoms. The van der Waals surface area contributed by atoms with E-state index in [9.17, 15) is 14.4 Å². The lowest BCUT2D eigenvalue weighted by Crippen LogP contribution is -2.30. The Morgan fingerprint density at radius 3 is 0.571 bits per heavy atom. The molecule has 6 nitrogen and oxygen atoms in total. The molecule has 0 bridgehead atoms. The molecular weight excluding hydrogens is 865 g/mol. The van der Waals surface area contributed by atoms with Gasteiger partial charge in [0.15, 0.2) is 6.10 Å². The van der Waals surface area contributed by atoms with Gasteiger partial charge in [0.2, 0.25) is 0 Å². The summed E-state index contributed by atoms with van der Waals surface area (Å²) < 4.78 is 16.9. The smallest absolute Gasteiger partial charge is 0.306 e. The van der Waals surface area contributed by atoms with Crippen molar-refractivity contribution in [3.63, 3.8) is 0 Å². The first-order valence-corrected chi connectivity index (χ1v) is 32.0. The second kappa shape index (κ2) is 60.0. The normalized spacial score (nSPS) is 11.9. The SMILES string of the molecule is CCCCCCCCCCCCCCCCCCCCCCCCCCCCCC(=O)OCC(COC(=O)CCCCCCCCCC)OC(=O)CCCCCCCCCCCCCCCCCCC. The highest BCUT2D eigenvalue weighted by atomic mass is 16.6. The quantitative estimate of drug-likeness (QED) is 0.0343. The highest BCUT2D eigenvalue weighted by molar-refractivity contribution is 5.71. The summed E-state index contributed by atoms with van der Waals surface area (Å²) >= 11 is 0. The third-order valence-corrected chi connectivity index (χ3v) is 14.9. The molecule has 0 rings (SSSR count). The number of carbonyl (C=O) groups is 3. The van der Waals surface area contributed by atoms with Crippen molar-refractivity contribution in [3.8, 4) is 0 Å². The van der Waals surface area contributed by atoms with Gasteiger partial charge in [0.1, 0.15) is 13.2 Å². The number of rotatable bonds is 60. The maximum Gasteiger partial charge on any atom is 0.306 e. The van der Waals surface area contributed by atoms with Crippen molar-refractivity contribution in [2.75, 3.05) is 13.2 Å². The van der Waals surface area contributed by atoms with E-state index in [2.05, 4.69) is 20.8 Å². The molecule has 0 aromatic heterocycles. The molecule has 0 saturated heterocycles. The first-order chi connectivity index (χ1) is 34.5. The second-order valence-corrected chi connectivity index (χ2v) is 22.1. The van der Waals surface area contributed by atoms with Gasteiger partial charge in [-0.3, -0.25) is 14.4 Å². The molecule has 0 aromatic carbocycles. The lowest BCUT2D eigenvalue weighted by atomic mass is 10.0. The van der Waals surface area contributed by atoms with Gasteiger partial charge >= 0.3 is 17.9 Å². The van der Waals surface area contributed by atoms with Crippen LogP contribution in [0.2, 0.25) is 0 Å². The molecule has 1 unspecified atom stereocenters. The highest BCUT2D eigenvalue weighted by Crippen LogP contribution is 2.19. The molecule has 0 aromatic rings. The van der Waals surface area contributed by atoms with E-state index in [1.807, 2.05) is 0 Å². The minimum Gasteiger partial charge on any atom is -0.462 e. The van der Waals surface area contributed by atoms with E-state index in [1.165, 1.54) is 276 Å². The predicted octanol–water partition coefficient (Wildman–Crippen LogP) is 21.5. The van der Waals surface area contributed by atoms with Gasteiger partial charge in [-0.15, -0.1) is 0 Å². The molecule has 0 N–H and O–H groups in total. The van der Waals surface area contributed by atoms with Gasteiger partial charge in [0, 0.05) is 19.3 Å². The van der Waals surface area contributed by atoms with E-state index >= 15 is 0 Å². The standard InChI is InChI=1S/C64H124O6/c1-4-7-10-13-16-19-21-23-25-27-28-29-30-31-32-33-34-35-36-38-39-41-43-45-48-51-54-57-63(66)69-60-61(59-68-62(65)56-53-50-47-18-15-12-9-6-3)70-64(67)58-55-52-49-46-44-42-40-37-26-24-22-20-17-14-11-8-5-2/h61H,4-60H2,1-3H3. The Morgan fingerprint density at radius 1 is 0.229 bits per heavy atom. The number of carbonyl (C=O) groups excluding carboxylic acids is 3. The van der Waals surface area contributed by atoms with Crippen LogP contribution in [0.1, 0.15) is 374 Å². The molecule has 1 atom stereocenters. The molecule has 0 heterocycles. The van der Waals surface area contributed by atoms with Crippen LogP contribution in [0.25, 0.3) is 0 Å². The molecular formula is C64H124O6. The molecule has 0 aliphatic rings. The fourth-order valence-electron chi connectivity index (χ4n) is 10.0. The van der Waals surface area contributed by atoms with Crippen molar-refractivity contribution in [1.82, 2.24) is 0 Å². The zero-order chi connectivity index (χ0) is 50.7. The first-order valence-electron chi connectivity index (χ1n) is 32.0. The van der Waals surface area contributed by atoms with Crippen LogP contribution in [0, 0.1) is 0 Å². The van der Waals surface area contributed by atoms with Crippen LogP contribution >= 0.6 is 0 Å². The Morgan fingerprint density at radius 2 is 0.386 bits per heavy atom. The summed E-state index contributed by atoms with van der Waals surface area (Å²) in [4.78, 5) is 38.1. The van der Waals surface area contributed by atoms with Crippen LogP contribution < -0.4 is 0 Å². The fraction of sp³-hybridized carbons (Fsp3) is 0.953. The highest BCUT2D eigenvalue weighted by Gasteiger charge is 2.19. The predicted molar refractivity (Wildman–Crippen MR) is 303 cm³/mol. The van der Waals surface area contributed by atoms with Crippen molar-refractivity contribution in [2.45, 2.75) is 380 Å². The zero-order valence-corrected chi connectivity index (χ0v) is 47.8. The third-order valence-electron chi connectivity index (χ3n) is 14.9. The fourth-order valence-corrected chi connectivity index (χ4v) is 10.0. The third kappa shape index (κ3) is 57.3. The average molecular weight is 990 g/mol. The maximum absolute atomic E-state index is 12.8. The van der Waals surface area contributed by atoms with Crippen LogP contribution in [-0.2, 0) is 28.6 Å². The Balaban J connectivity index is 4.04. The van der Waals surface area contributed by atoms with Crippen molar-refractivity contribution < 1.29 is 28.6 Å². The van der Waals surface area contributed by atoms with Gasteiger partial charge in [-0.2, -0.15) is 0 Å². The summed E-state index contributed by atoms with van der Waals surface area (Å²) in [6, 6.07) is 0. The molecule has 0 aliphatic heterocycles. The lowest BCUT2D eigenvalue weighted by molar-refractivity contribution is -0.167. The molecule has 0 amide bonds. The summed E-state index contributed by atoms with van der Waals surface area (Å²) in [6.07, 6.45) is 68.5. The van der Waals surface area contributed by atoms with Crippen LogP contribution in [0.15, 0.2) is 0 Å². The Hall–Kier alpha value is -1.59. The van der Waals surface area contributed by atoms with E-state index in [0.29, 0.717) is 19.3 Å². The minimum atomic E-state index is -0.761. The van der Waals surface area contributed by atoms with Gasteiger partial charge in [0.05, 0.1) is 0 Å². The Labute approximate surface area is 438 Å². The van der Waals surface area contributed by atoms with Crippen LogP contribution in [-0.4, -0.2) is 37.2 Å². The van der Waals surface area contributed by atoms with E-state index in [-0.39, 0.29) is 31.1 Å². The van der Waals surface area contributed by atoms with E-state index in [1.54, 1.807) is 0 Å². The number of esters is 3. The monoisotopic (exact) mass is 989 g/mol. The average Bonchev–Trinajstić information content (AvgIpc) is 3.36. The summed E-state index contributed by atoms with van der Waals surface area (Å²) in [5.41, 5.74) is 0. The molecule has 0 fully saturated rings. The molecule has 0 radical (unpaired) electrons. The van der Waals surface area contributed by atoms with Crippen molar-refractivity contribution in [1.29, 1.82) is 0 Å². The van der Waals surface area contributed by atoms with Gasteiger partial charge in [-0.05, 0) is 19.3 Å². The lowest BCUT2D eigenvalue weighted by Gasteiger charge is -2.18.